The van der Waals surface area contributed by atoms with E-state index in [4.69, 9.17) is 5.10 Å². The molecule has 2 fully saturated rings. The number of rotatable bonds is 6. The maximum absolute atomic E-state index is 13.2. The molecule has 3 aliphatic rings. The van der Waals surface area contributed by atoms with Crippen molar-refractivity contribution in [3.05, 3.63) is 17.0 Å². The summed E-state index contributed by atoms with van der Waals surface area (Å²) >= 11 is 0. The Labute approximate surface area is 169 Å². The lowest BCUT2D eigenvalue weighted by Crippen LogP contribution is -2.44. The number of aromatic nitrogens is 2. The number of piperidine rings is 2. The normalized spacial score (nSPS) is 23.6. The van der Waals surface area contributed by atoms with Crippen LogP contribution in [-0.4, -0.2) is 64.4 Å². The molecule has 1 unspecified atom stereocenters. The number of amides is 1. The first-order valence-corrected chi connectivity index (χ1v) is 11.6. The molecule has 0 saturated carbocycles. The van der Waals surface area contributed by atoms with E-state index in [-0.39, 0.29) is 5.91 Å². The highest BCUT2D eigenvalue weighted by atomic mass is 16.2. The summed E-state index contributed by atoms with van der Waals surface area (Å²) in [7, 11) is 0. The van der Waals surface area contributed by atoms with Gasteiger partial charge in [0, 0.05) is 43.6 Å². The summed E-state index contributed by atoms with van der Waals surface area (Å²) in [6.07, 6.45) is 11.7. The zero-order valence-electron chi connectivity index (χ0n) is 17.6. The molecule has 1 aromatic heterocycles. The van der Waals surface area contributed by atoms with Crippen molar-refractivity contribution in [2.45, 2.75) is 83.7 Å². The third-order valence-corrected chi connectivity index (χ3v) is 6.68. The number of likely N-dealkylation sites (tertiary alicyclic amines) is 2. The first-order valence-electron chi connectivity index (χ1n) is 11.6. The van der Waals surface area contributed by atoms with E-state index in [0.29, 0.717) is 6.04 Å². The van der Waals surface area contributed by atoms with Gasteiger partial charge in [0.05, 0.1) is 0 Å². The number of nitrogens with zero attached hydrogens (tertiary/aromatic N) is 4. The van der Waals surface area contributed by atoms with Crippen LogP contribution < -0.4 is 5.32 Å². The summed E-state index contributed by atoms with van der Waals surface area (Å²) in [4.78, 5) is 17.8. The third kappa shape index (κ3) is 4.43. The van der Waals surface area contributed by atoms with Crippen LogP contribution in [0.3, 0.4) is 0 Å². The van der Waals surface area contributed by atoms with Crippen molar-refractivity contribution in [3.63, 3.8) is 0 Å². The molecule has 1 aromatic rings. The largest absolute Gasteiger partial charge is 0.337 e. The molecule has 0 aromatic carbocycles. The van der Waals surface area contributed by atoms with Crippen molar-refractivity contribution in [3.8, 4) is 0 Å². The van der Waals surface area contributed by atoms with E-state index < -0.39 is 0 Å². The van der Waals surface area contributed by atoms with Gasteiger partial charge in [-0.1, -0.05) is 13.3 Å². The molecule has 1 aliphatic carbocycles. The predicted octanol–water partition coefficient (Wildman–Crippen LogP) is 2.81. The van der Waals surface area contributed by atoms with Crippen molar-refractivity contribution in [2.75, 3.05) is 32.8 Å². The first kappa shape index (κ1) is 19.9. The maximum Gasteiger partial charge on any atom is 0.274 e. The monoisotopic (exact) mass is 387 g/mol. The summed E-state index contributed by atoms with van der Waals surface area (Å²) in [5.41, 5.74) is 3.29. The molecule has 6 nitrogen and oxygen atoms in total. The van der Waals surface area contributed by atoms with Crippen molar-refractivity contribution in [1.29, 1.82) is 0 Å². The second kappa shape index (κ2) is 9.40. The Bertz CT molecular complexity index is 658. The average Bonchev–Trinajstić information content (AvgIpc) is 3.11. The Kier molecular flexibility index (Phi) is 6.68. The van der Waals surface area contributed by atoms with Gasteiger partial charge in [0.2, 0.25) is 0 Å². The zero-order chi connectivity index (χ0) is 19.3. The van der Waals surface area contributed by atoms with E-state index in [1.165, 1.54) is 50.0 Å². The fourth-order valence-corrected chi connectivity index (χ4v) is 5.05. The van der Waals surface area contributed by atoms with E-state index in [1.807, 2.05) is 4.90 Å². The number of carbonyl (C=O) groups is 1. The van der Waals surface area contributed by atoms with Gasteiger partial charge in [0.15, 0.2) is 5.69 Å². The molecule has 28 heavy (non-hydrogen) atoms. The molecule has 6 heteroatoms. The SMILES string of the molecule is CCCn1nc(C(=O)N2CCCCC2)c2c1CCC(NCN1CCCCC1)C2. The third-order valence-electron chi connectivity index (χ3n) is 6.68. The lowest BCUT2D eigenvalue weighted by molar-refractivity contribution is 0.0716. The van der Waals surface area contributed by atoms with Crippen molar-refractivity contribution in [2.24, 2.45) is 0 Å². The van der Waals surface area contributed by atoms with Gasteiger partial charge >= 0.3 is 0 Å². The van der Waals surface area contributed by atoms with Crippen molar-refractivity contribution in [1.82, 2.24) is 24.9 Å². The van der Waals surface area contributed by atoms with Crippen LogP contribution in [0.1, 0.15) is 80.0 Å². The number of hydrogen-bond acceptors (Lipinski definition) is 4. The molecule has 0 spiro atoms. The highest BCUT2D eigenvalue weighted by molar-refractivity contribution is 5.94. The maximum atomic E-state index is 13.2. The van der Waals surface area contributed by atoms with Crippen LogP contribution in [0.4, 0.5) is 0 Å². The van der Waals surface area contributed by atoms with Gasteiger partial charge in [-0.05, 0) is 70.9 Å². The molecule has 0 bridgehead atoms. The molecule has 4 rings (SSSR count). The highest BCUT2D eigenvalue weighted by Crippen LogP contribution is 2.27. The van der Waals surface area contributed by atoms with E-state index in [1.54, 1.807) is 0 Å². The van der Waals surface area contributed by atoms with E-state index >= 15 is 0 Å². The molecule has 156 valence electrons. The molecule has 1 atom stereocenters. The van der Waals surface area contributed by atoms with Crippen LogP contribution in [0.25, 0.3) is 0 Å². The highest BCUT2D eigenvalue weighted by Gasteiger charge is 2.31. The van der Waals surface area contributed by atoms with Crippen LogP contribution in [0.15, 0.2) is 0 Å². The van der Waals surface area contributed by atoms with Gasteiger partial charge in [-0.3, -0.25) is 14.4 Å². The molecule has 0 radical (unpaired) electrons. The molecule has 2 saturated heterocycles. The predicted molar refractivity (Wildman–Crippen MR) is 112 cm³/mol. The number of carbonyl (C=O) groups excluding carboxylic acids is 1. The number of fused-ring (bicyclic) bond motifs is 1. The second-order valence-electron chi connectivity index (χ2n) is 8.83. The van der Waals surface area contributed by atoms with E-state index in [0.717, 1.165) is 70.5 Å². The molecule has 1 amide bonds. The smallest absolute Gasteiger partial charge is 0.274 e. The zero-order valence-corrected chi connectivity index (χ0v) is 17.6. The summed E-state index contributed by atoms with van der Waals surface area (Å²) < 4.78 is 2.13. The van der Waals surface area contributed by atoms with Crippen LogP contribution in [-0.2, 0) is 19.4 Å². The van der Waals surface area contributed by atoms with Crippen molar-refractivity contribution < 1.29 is 4.79 Å². The molecular formula is C22H37N5O. The fraction of sp³-hybridized carbons (Fsp3) is 0.818. The van der Waals surface area contributed by atoms with Crippen LogP contribution >= 0.6 is 0 Å². The van der Waals surface area contributed by atoms with Crippen LogP contribution in [0.2, 0.25) is 0 Å². The Morgan fingerprint density at radius 3 is 2.50 bits per heavy atom. The minimum Gasteiger partial charge on any atom is -0.337 e. The standard InChI is InChI=1S/C22H37N5O/c1-2-11-27-20-10-9-18(23-17-25-12-5-3-6-13-25)16-19(20)21(24-27)22(28)26-14-7-4-8-15-26/h18,23H,2-17H2,1H3. The second-order valence-corrected chi connectivity index (χ2v) is 8.83. The van der Waals surface area contributed by atoms with Crippen molar-refractivity contribution >= 4 is 5.91 Å². The lowest BCUT2D eigenvalue weighted by Gasteiger charge is -2.31. The van der Waals surface area contributed by atoms with Gasteiger partial charge in [-0.2, -0.15) is 5.10 Å². The van der Waals surface area contributed by atoms with E-state index in [9.17, 15) is 4.79 Å². The quantitative estimate of drug-likeness (QED) is 0.816. The summed E-state index contributed by atoms with van der Waals surface area (Å²) in [5.74, 6) is 0.169. The minimum atomic E-state index is 0.169. The van der Waals surface area contributed by atoms with Gasteiger partial charge < -0.3 is 10.2 Å². The minimum absolute atomic E-state index is 0.169. The Morgan fingerprint density at radius 1 is 1.07 bits per heavy atom. The Hall–Kier alpha value is -1.40. The lowest BCUT2D eigenvalue weighted by atomic mass is 9.91. The summed E-state index contributed by atoms with van der Waals surface area (Å²) in [6, 6.07) is 0.460. The van der Waals surface area contributed by atoms with Gasteiger partial charge in [0.1, 0.15) is 0 Å². The fourth-order valence-electron chi connectivity index (χ4n) is 5.05. The Morgan fingerprint density at radius 2 is 1.79 bits per heavy atom. The topological polar surface area (TPSA) is 53.4 Å². The summed E-state index contributed by atoms with van der Waals surface area (Å²) in [5, 5.41) is 8.61. The molecular weight excluding hydrogens is 350 g/mol. The number of hydrogen-bond donors (Lipinski definition) is 1. The van der Waals surface area contributed by atoms with Gasteiger partial charge in [0.25, 0.3) is 5.91 Å². The number of nitrogens with one attached hydrogen (secondary N) is 1. The Balaban J connectivity index is 1.47. The molecule has 2 aliphatic heterocycles. The number of aryl methyl sites for hydroxylation is 1. The van der Waals surface area contributed by atoms with Gasteiger partial charge in [-0.25, -0.2) is 0 Å². The first-order chi connectivity index (χ1) is 13.8. The average molecular weight is 388 g/mol. The van der Waals surface area contributed by atoms with E-state index in [2.05, 4.69) is 21.8 Å². The van der Waals surface area contributed by atoms with Crippen LogP contribution in [0.5, 0.6) is 0 Å². The van der Waals surface area contributed by atoms with Gasteiger partial charge in [-0.15, -0.1) is 0 Å². The molecule has 1 N–H and O–H groups in total. The van der Waals surface area contributed by atoms with Crippen LogP contribution in [0, 0.1) is 0 Å². The summed E-state index contributed by atoms with van der Waals surface area (Å²) in [6.45, 7) is 8.32. The molecule has 3 heterocycles.